The number of carbonyl (C=O) groups excluding carboxylic acids is 2. The van der Waals surface area contributed by atoms with E-state index in [4.69, 9.17) is 15.2 Å². The molecule has 1 fully saturated rings. The Kier molecular flexibility index (Phi) is 6.71. The molecule has 2 amide bonds. The molecule has 10 heteroatoms. The zero-order valence-corrected chi connectivity index (χ0v) is 18.5. The van der Waals surface area contributed by atoms with Gasteiger partial charge in [0.15, 0.2) is 0 Å². The Balaban J connectivity index is 2.01. The Labute approximate surface area is 180 Å². The van der Waals surface area contributed by atoms with Crippen LogP contribution in [0.4, 0.5) is 4.79 Å². The maximum absolute atomic E-state index is 13.3. The van der Waals surface area contributed by atoms with Crippen molar-refractivity contribution < 1.29 is 19.1 Å². The van der Waals surface area contributed by atoms with Gasteiger partial charge in [-0.05, 0) is 17.5 Å². The topological polar surface area (TPSA) is 121 Å². The average molecular weight is 434 g/mol. The van der Waals surface area contributed by atoms with E-state index in [2.05, 4.69) is 10.2 Å². The van der Waals surface area contributed by atoms with E-state index in [-0.39, 0.29) is 0 Å². The summed E-state index contributed by atoms with van der Waals surface area (Å²) < 4.78 is 13.4. The first kappa shape index (κ1) is 22.8. The number of nitrogens with zero attached hydrogens (tertiary/aromatic N) is 3. The molecule has 1 saturated heterocycles. The summed E-state index contributed by atoms with van der Waals surface area (Å²) in [4.78, 5) is 40.6. The highest BCUT2D eigenvalue weighted by atomic mass is 16.5. The highest BCUT2D eigenvalue weighted by molar-refractivity contribution is 5.94. The summed E-state index contributed by atoms with van der Waals surface area (Å²) in [7, 11) is 1.52. The number of carbonyl (C=O) groups is 2. The lowest BCUT2D eigenvalue weighted by Crippen LogP contribution is -2.54. The lowest BCUT2D eigenvalue weighted by atomic mass is 9.86. The van der Waals surface area contributed by atoms with E-state index in [0.29, 0.717) is 43.1 Å². The largest absolute Gasteiger partial charge is 0.494 e. The van der Waals surface area contributed by atoms with Crippen LogP contribution in [-0.2, 0) is 16.1 Å². The molecule has 2 aromatic rings. The number of para-hydroxylation sites is 1. The summed E-state index contributed by atoms with van der Waals surface area (Å²) in [5.74, 6) is -0.173. The minimum absolute atomic E-state index is 0.383. The number of ether oxygens (including phenoxy) is 2. The van der Waals surface area contributed by atoms with Crippen LogP contribution in [0, 0.1) is 5.41 Å². The van der Waals surface area contributed by atoms with Gasteiger partial charge in [0.05, 0.1) is 25.8 Å². The molecule has 10 nitrogen and oxygen atoms in total. The Morgan fingerprint density at radius 3 is 2.48 bits per heavy atom. The summed E-state index contributed by atoms with van der Waals surface area (Å²) in [5, 5.41) is 2.63. The monoisotopic (exact) mass is 433 g/mol. The Morgan fingerprint density at radius 1 is 1.23 bits per heavy atom. The van der Waals surface area contributed by atoms with Gasteiger partial charge in [-0.15, -0.1) is 0 Å². The molecule has 2 heterocycles. The number of fused-ring (bicyclic) bond motifs is 1. The summed E-state index contributed by atoms with van der Waals surface area (Å²) in [6.07, 6.45) is 0. The number of imidazole rings is 1. The number of nitrogens with one attached hydrogen (secondary N) is 1. The number of benzene rings is 1. The molecule has 3 N–H and O–H groups in total. The lowest BCUT2D eigenvalue weighted by Gasteiger charge is -2.28. The van der Waals surface area contributed by atoms with Gasteiger partial charge in [0, 0.05) is 26.2 Å². The zero-order valence-electron chi connectivity index (χ0n) is 18.5. The van der Waals surface area contributed by atoms with Crippen LogP contribution >= 0.6 is 0 Å². The molecule has 1 aromatic carbocycles. The van der Waals surface area contributed by atoms with Gasteiger partial charge in [0.25, 0.3) is 0 Å². The third-order valence-corrected chi connectivity index (χ3v) is 5.50. The smallest absolute Gasteiger partial charge is 0.337 e. The maximum Gasteiger partial charge on any atom is 0.337 e. The van der Waals surface area contributed by atoms with Gasteiger partial charge in [-0.25, -0.2) is 14.2 Å². The Hall–Kier alpha value is -2.85. The molecule has 0 spiro atoms. The number of hydrogen-bond acceptors (Lipinski definition) is 6. The number of morpholine rings is 1. The van der Waals surface area contributed by atoms with Crippen LogP contribution in [0.2, 0.25) is 0 Å². The summed E-state index contributed by atoms with van der Waals surface area (Å²) >= 11 is 0. The number of aromatic nitrogens is 2. The number of amides is 2. The second-order valence-electron chi connectivity index (χ2n) is 8.70. The normalized spacial score (nSPS) is 16.3. The predicted molar refractivity (Wildman–Crippen MR) is 116 cm³/mol. The lowest BCUT2D eigenvalue weighted by molar-refractivity contribution is -0.122. The molecule has 1 aliphatic heterocycles. The van der Waals surface area contributed by atoms with Crippen molar-refractivity contribution in [3.63, 3.8) is 0 Å². The van der Waals surface area contributed by atoms with Crippen molar-refractivity contribution in [2.45, 2.75) is 33.4 Å². The number of nitrogens with two attached hydrogens (primary N) is 1. The fourth-order valence-corrected chi connectivity index (χ4v) is 3.82. The number of rotatable bonds is 6. The molecular weight excluding hydrogens is 402 g/mol. The zero-order chi connectivity index (χ0) is 22.8. The molecule has 31 heavy (non-hydrogen) atoms. The van der Waals surface area contributed by atoms with Crippen molar-refractivity contribution in [1.82, 2.24) is 19.4 Å². The van der Waals surface area contributed by atoms with E-state index < -0.39 is 29.1 Å². The van der Waals surface area contributed by atoms with Crippen LogP contribution in [0.1, 0.15) is 20.8 Å². The van der Waals surface area contributed by atoms with Crippen LogP contribution in [0.3, 0.4) is 0 Å². The summed E-state index contributed by atoms with van der Waals surface area (Å²) in [6, 6.07) is 3.50. The molecule has 3 rings (SSSR count). The van der Waals surface area contributed by atoms with Gasteiger partial charge in [-0.1, -0.05) is 26.8 Å². The molecule has 1 aliphatic rings. The van der Waals surface area contributed by atoms with E-state index in [9.17, 15) is 14.4 Å². The second kappa shape index (κ2) is 9.11. The third-order valence-electron chi connectivity index (χ3n) is 5.50. The molecule has 0 saturated carbocycles. The molecule has 0 aliphatic carbocycles. The molecule has 1 atom stereocenters. The van der Waals surface area contributed by atoms with Gasteiger partial charge >= 0.3 is 11.7 Å². The summed E-state index contributed by atoms with van der Waals surface area (Å²) in [5.41, 5.74) is 5.32. The standard InChI is InChI=1S/C21H31N5O5/c1-21(2,3)17(18(22)27)23-19(28)26-14-6-5-7-15(30-4)16(14)25(20(26)29)9-8-24-10-12-31-13-11-24/h5-7,17H,8-13H2,1-4H3,(H2,22,27)(H,23,28). The molecule has 170 valence electrons. The highest BCUT2D eigenvalue weighted by Gasteiger charge is 2.33. The van der Waals surface area contributed by atoms with Gasteiger partial charge in [-0.3, -0.25) is 14.3 Å². The quantitative estimate of drug-likeness (QED) is 0.688. The predicted octanol–water partition coefficient (Wildman–Crippen LogP) is 0.602. The minimum Gasteiger partial charge on any atom is -0.494 e. The van der Waals surface area contributed by atoms with Crippen molar-refractivity contribution in [1.29, 1.82) is 0 Å². The number of hydrogen-bond donors (Lipinski definition) is 2. The van der Waals surface area contributed by atoms with E-state index in [0.717, 1.165) is 17.7 Å². The first-order valence-corrected chi connectivity index (χ1v) is 10.3. The fourth-order valence-electron chi connectivity index (χ4n) is 3.82. The van der Waals surface area contributed by atoms with Gasteiger partial charge < -0.3 is 20.5 Å². The second-order valence-corrected chi connectivity index (χ2v) is 8.70. The van der Waals surface area contributed by atoms with Crippen LogP contribution in [-0.4, -0.2) is 72.0 Å². The molecule has 1 aromatic heterocycles. The molecule has 1 unspecified atom stereocenters. The van der Waals surface area contributed by atoms with Gasteiger partial charge in [0.2, 0.25) is 5.91 Å². The van der Waals surface area contributed by atoms with E-state index in [1.807, 2.05) is 0 Å². The van der Waals surface area contributed by atoms with E-state index in [1.165, 1.54) is 7.11 Å². The summed E-state index contributed by atoms with van der Waals surface area (Å²) in [6.45, 7) is 9.28. The number of primary amides is 1. The highest BCUT2D eigenvalue weighted by Crippen LogP contribution is 2.25. The van der Waals surface area contributed by atoms with Crippen LogP contribution in [0.15, 0.2) is 23.0 Å². The minimum atomic E-state index is -0.941. The number of methoxy groups -OCH3 is 1. The van der Waals surface area contributed by atoms with Crippen molar-refractivity contribution in [3.05, 3.63) is 28.7 Å². The Bertz CT molecular complexity index is 1010. The van der Waals surface area contributed by atoms with Gasteiger partial charge in [0.1, 0.15) is 17.3 Å². The van der Waals surface area contributed by atoms with E-state index in [1.54, 1.807) is 43.5 Å². The van der Waals surface area contributed by atoms with Crippen molar-refractivity contribution in [3.8, 4) is 5.75 Å². The first-order chi connectivity index (χ1) is 14.6. The molecular formula is C21H31N5O5. The van der Waals surface area contributed by atoms with E-state index >= 15 is 0 Å². The van der Waals surface area contributed by atoms with Crippen molar-refractivity contribution in [2.75, 3.05) is 40.0 Å². The van der Waals surface area contributed by atoms with Crippen LogP contribution in [0.5, 0.6) is 5.75 Å². The van der Waals surface area contributed by atoms with Crippen molar-refractivity contribution in [2.24, 2.45) is 11.1 Å². The van der Waals surface area contributed by atoms with Crippen LogP contribution in [0.25, 0.3) is 11.0 Å². The molecule has 0 radical (unpaired) electrons. The SMILES string of the molecule is COc1cccc2c1n(CCN1CCOCC1)c(=O)n2C(=O)NC(C(N)=O)C(C)(C)C. The Morgan fingerprint density at radius 2 is 1.90 bits per heavy atom. The maximum atomic E-state index is 13.3. The fraction of sp³-hybridized carbons (Fsp3) is 0.571. The van der Waals surface area contributed by atoms with Gasteiger partial charge in [-0.2, -0.15) is 0 Å². The molecule has 0 bridgehead atoms. The third kappa shape index (κ3) is 4.75. The first-order valence-electron chi connectivity index (χ1n) is 10.3. The average Bonchev–Trinajstić information content (AvgIpc) is 3.01. The van der Waals surface area contributed by atoms with Crippen LogP contribution < -0.4 is 21.5 Å². The van der Waals surface area contributed by atoms with Crippen molar-refractivity contribution >= 4 is 23.0 Å².